The maximum atomic E-state index is 12.7. The van der Waals surface area contributed by atoms with Crippen LogP contribution in [0.2, 0.25) is 0 Å². The normalized spacial score (nSPS) is 15.8. The molecule has 1 amide bonds. The van der Waals surface area contributed by atoms with Crippen molar-refractivity contribution in [2.75, 3.05) is 37.4 Å². The van der Waals surface area contributed by atoms with E-state index < -0.39 is 10.0 Å². The van der Waals surface area contributed by atoms with Crippen LogP contribution in [0.3, 0.4) is 0 Å². The Kier molecular flexibility index (Phi) is 5.28. The molecular formula is C17H22N4O4S. The summed E-state index contributed by atoms with van der Waals surface area (Å²) in [5.41, 5.74) is 0.356. The van der Waals surface area contributed by atoms with Gasteiger partial charge in [0.2, 0.25) is 0 Å². The van der Waals surface area contributed by atoms with Crippen molar-refractivity contribution in [2.24, 2.45) is 0 Å². The molecule has 0 aliphatic carbocycles. The van der Waals surface area contributed by atoms with E-state index in [4.69, 9.17) is 4.52 Å². The van der Waals surface area contributed by atoms with Gasteiger partial charge in [-0.05, 0) is 31.7 Å². The number of hydrogen-bond donors (Lipinski definition) is 1. The van der Waals surface area contributed by atoms with E-state index in [2.05, 4.69) is 21.7 Å². The largest absolute Gasteiger partial charge is 0.360 e. The zero-order valence-corrected chi connectivity index (χ0v) is 15.6. The number of carbonyl (C=O) groups is 1. The van der Waals surface area contributed by atoms with Gasteiger partial charge in [0, 0.05) is 37.8 Å². The Morgan fingerprint density at radius 2 is 1.96 bits per heavy atom. The fourth-order valence-corrected chi connectivity index (χ4v) is 3.89. The van der Waals surface area contributed by atoms with Gasteiger partial charge in [-0.3, -0.25) is 9.52 Å². The van der Waals surface area contributed by atoms with Crippen molar-refractivity contribution in [1.82, 2.24) is 15.0 Å². The third kappa shape index (κ3) is 4.05. The summed E-state index contributed by atoms with van der Waals surface area (Å²) < 4.78 is 32.3. The fraction of sp³-hybridized carbons (Fsp3) is 0.412. The van der Waals surface area contributed by atoms with Crippen molar-refractivity contribution in [3.63, 3.8) is 0 Å². The first-order chi connectivity index (χ1) is 12.4. The van der Waals surface area contributed by atoms with Crippen LogP contribution < -0.4 is 4.72 Å². The van der Waals surface area contributed by atoms with Gasteiger partial charge in [-0.2, -0.15) is 0 Å². The molecule has 140 valence electrons. The molecule has 1 aromatic carbocycles. The average molecular weight is 378 g/mol. The predicted molar refractivity (Wildman–Crippen MR) is 96.5 cm³/mol. The molecule has 2 heterocycles. The van der Waals surface area contributed by atoms with Crippen LogP contribution in [-0.2, 0) is 10.0 Å². The molecule has 1 fully saturated rings. The van der Waals surface area contributed by atoms with Crippen LogP contribution in [0.25, 0.3) is 0 Å². The van der Waals surface area contributed by atoms with E-state index in [1.807, 2.05) is 0 Å². The highest BCUT2D eigenvalue weighted by molar-refractivity contribution is 7.92. The fourth-order valence-electron chi connectivity index (χ4n) is 2.86. The highest BCUT2D eigenvalue weighted by atomic mass is 32.2. The number of likely N-dealkylation sites (N-methyl/N-ethyl adjacent to an activating group) is 1. The molecule has 1 saturated heterocycles. The van der Waals surface area contributed by atoms with E-state index in [0.717, 1.165) is 19.6 Å². The van der Waals surface area contributed by atoms with Gasteiger partial charge in [-0.15, -0.1) is 0 Å². The summed E-state index contributed by atoms with van der Waals surface area (Å²) in [7, 11) is -3.85. The number of nitrogens with zero attached hydrogens (tertiary/aromatic N) is 3. The second kappa shape index (κ2) is 7.46. The topological polar surface area (TPSA) is 95.8 Å². The van der Waals surface area contributed by atoms with Crippen LogP contribution in [0.15, 0.2) is 39.8 Å². The molecule has 1 aliphatic rings. The Morgan fingerprint density at radius 1 is 1.23 bits per heavy atom. The molecule has 3 rings (SSSR count). The third-order valence-electron chi connectivity index (χ3n) is 4.36. The number of amides is 1. The Hall–Kier alpha value is -2.39. The molecule has 0 radical (unpaired) electrons. The maximum absolute atomic E-state index is 12.7. The number of sulfonamides is 1. The number of aryl methyl sites for hydroxylation is 1. The van der Waals surface area contributed by atoms with Crippen molar-refractivity contribution >= 4 is 21.7 Å². The van der Waals surface area contributed by atoms with Crippen molar-refractivity contribution in [3.8, 4) is 0 Å². The van der Waals surface area contributed by atoms with Crippen LogP contribution in [0.1, 0.15) is 23.0 Å². The van der Waals surface area contributed by atoms with E-state index in [9.17, 15) is 13.2 Å². The minimum Gasteiger partial charge on any atom is -0.360 e. The number of anilines is 1. The molecule has 8 nitrogen and oxygen atoms in total. The Labute approximate surface area is 152 Å². The SMILES string of the molecule is CCN1CCN(C(=O)c2cccc(S(=O)(=O)Nc3cc(C)on3)c2)CC1. The first kappa shape index (κ1) is 18.4. The van der Waals surface area contributed by atoms with E-state index in [1.54, 1.807) is 24.0 Å². The van der Waals surface area contributed by atoms with Crippen molar-refractivity contribution in [3.05, 3.63) is 41.7 Å². The summed E-state index contributed by atoms with van der Waals surface area (Å²) in [5.74, 6) is 0.447. The molecule has 0 atom stereocenters. The Balaban J connectivity index is 1.76. The second-order valence-corrected chi connectivity index (χ2v) is 7.86. The van der Waals surface area contributed by atoms with E-state index >= 15 is 0 Å². The zero-order chi connectivity index (χ0) is 18.7. The van der Waals surface area contributed by atoms with Gasteiger partial charge in [-0.25, -0.2) is 8.42 Å². The van der Waals surface area contributed by atoms with Crippen LogP contribution >= 0.6 is 0 Å². The number of aromatic nitrogens is 1. The lowest BCUT2D eigenvalue weighted by Crippen LogP contribution is -2.48. The van der Waals surface area contributed by atoms with Gasteiger partial charge in [0.1, 0.15) is 5.76 Å². The standard InChI is InChI=1S/C17H22N4O4S/c1-3-20-7-9-21(10-8-20)17(22)14-5-4-6-15(12-14)26(23,24)19-16-11-13(2)25-18-16/h4-6,11-12H,3,7-10H2,1-2H3,(H,18,19). The van der Waals surface area contributed by atoms with Gasteiger partial charge < -0.3 is 14.3 Å². The number of benzene rings is 1. The first-order valence-corrected chi connectivity index (χ1v) is 9.95. The number of rotatable bonds is 5. The molecule has 0 saturated carbocycles. The summed E-state index contributed by atoms with van der Waals surface area (Å²) in [6, 6.07) is 7.52. The highest BCUT2D eigenvalue weighted by Crippen LogP contribution is 2.18. The molecule has 9 heteroatoms. The molecule has 1 N–H and O–H groups in total. The van der Waals surface area contributed by atoms with Gasteiger partial charge in [0.05, 0.1) is 4.90 Å². The summed E-state index contributed by atoms with van der Waals surface area (Å²) in [6.07, 6.45) is 0. The lowest BCUT2D eigenvalue weighted by Gasteiger charge is -2.34. The van der Waals surface area contributed by atoms with Crippen LogP contribution in [0.5, 0.6) is 0 Å². The van der Waals surface area contributed by atoms with Crippen molar-refractivity contribution in [1.29, 1.82) is 0 Å². The highest BCUT2D eigenvalue weighted by Gasteiger charge is 2.23. The summed E-state index contributed by atoms with van der Waals surface area (Å²) in [4.78, 5) is 16.7. The molecule has 0 spiro atoms. The van der Waals surface area contributed by atoms with Crippen LogP contribution in [-0.4, -0.2) is 62.0 Å². The van der Waals surface area contributed by atoms with E-state index in [1.165, 1.54) is 18.2 Å². The smallest absolute Gasteiger partial charge is 0.263 e. The average Bonchev–Trinajstić information content (AvgIpc) is 3.05. The van der Waals surface area contributed by atoms with Gasteiger partial charge in [0.25, 0.3) is 15.9 Å². The molecule has 0 bridgehead atoms. The monoisotopic (exact) mass is 378 g/mol. The Morgan fingerprint density at radius 3 is 2.58 bits per heavy atom. The predicted octanol–water partition coefficient (Wildman–Crippen LogP) is 1.56. The molecule has 0 unspecified atom stereocenters. The third-order valence-corrected chi connectivity index (χ3v) is 5.72. The quantitative estimate of drug-likeness (QED) is 0.848. The van der Waals surface area contributed by atoms with Gasteiger partial charge in [-0.1, -0.05) is 18.1 Å². The lowest BCUT2D eigenvalue weighted by molar-refractivity contribution is 0.0643. The minimum atomic E-state index is -3.85. The molecule has 1 aromatic heterocycles. The molecular weight excluding hydrogens is 356 g/mol. The maximum Gasteiger partial charge on any atom is 0.263 e. The summed E-state index contributed by atoms with van der Waals surface area (Å²) in [6.45, 7) is 7.65. The molecule has 2 aromatic rings. The van der Waals surface area contributed by atoms with Crippen molar-refractivity contribution in [2.45, 2.75) is 18.7 Å². The van der Waals surface area contributed by atoms with Crippen LogP contribution in [0.4, 0.5) is 5.82 Å². The first-order valence-electron chi connectivity index (χ1n) is 8.47. The zero-order valence-electron chi connectivity index (χ0n) is 14.8. The number of nitrogens with one attached hydrogen (secondary N) is 1. The van der Waals surface area contributed by atoms with Gasteiger partial charge >= 0.3 is 0 Å². The number of hydrogen-bond acceptors (Lipinski definition) is 6. The van der Waals surface area contributed by atoms with Crippen molar-refractivity contribution < 1.29 is 17.7 Å². The molecule has 26 heavy (non-hydrogen) atoms. The van der Waals surface area contributed by atoms with E-state index in [0.29, 0.717) is 24.4 Å². The van der Waals surface area contributed by atoms with Crippen LogP contribution in [0, 0.1) is 6.92 Å². The summed E-state index contributed by atoms with van der Waals surface area (Å²) in [5, 5.41) is 3.63. The second-order valence-electron chi connectivity index (χ2n) is 6.18. The number of carbonyl (C=O) groups excluding carboxylic acids is 1. The van der Waals surface area contributed by atoms with E-state index in [-0.39, 0.29) is 16.6 Å². The minimum absolute atomic E-state index is 0.0104. The van der Waals surface area contributed by atoms with Gasteiger partial charge in [0.15, 0.2) is 5.82 Å². The molecule has 1 aliphatic heterocycles. The summed E-state index contributed by atoms with van der Waals surface area (Å²) >= 11 is 0. The number of piperazine rings is 1. The Bertz CT molecular complexity index is 886. The lowest BCUT2D eigenvalue weighted by atomic mass is 10.2.